The van der Waals surface area contributed by atoms with Crippen LogP contribution in [0.5, 0.6) is 0 Å². The van der Waals surface area contributed by atoms with Crippen molar-refractivity contribution in [1.82, 2.24) is 16.2 Å². The molecule has 0 rings (SSSR count). The molecule has 0 bridgehead atoms. The van der Waals surface area contributed by atoms with Gasteiger partial charge in [-0.2, -0.15) is 13.2 Å². The Kier molecular flexibility index (Phi) is 3.66. The van der Waals surface area contributed by atoms with Crippen molar-refractivity contribution < 1.29 is 18.0 Å². The fraction of sp³-hybridized carbons (Fsp3) is 0.750. The van der Waals surface area contributed by atoms with E-state index in [4.69, 9.17) is 0 Å². The third kappa shape index (κ3) is 6.91. The van der Waals surface area contributed by atoms with Crippen LogP contribution in [0.2, 0.25) is 0 Å². The molecule has 0 aliphatic heterocycles. The van der Waals surface area contributed by atoms with Gasteiger partial charge in [0.1, 0.15) is 6.54 Å². The van der Waals surface area contributed by atoms with Crippen LogP contribution >= 0.6 is 0 Å². The van der Waals surface area contributed by atoms with E-state index in [2.05, 4.69) is 5.43 Å². The van der Waals surface area contributed by atoms with E-state index in [0.29, 0.717) is 0 Å². The number of halogens is 3. The monoisotopic (exact) mass is 171 g/mol. The highest BCUT2D eigenvalue weighted by molar-refractivity contribution is 5.73. The summed E-state index contributed by atoms with van der Waals surface area (Å²) in [6.45, 7) is -1.33. The van der Waals surface area contributed by atoms with Gasteiger partial charge in [-0.1, -0.05) is 0 Å². The molecule has 0 aromatic rings. The number of rotatable bonds is 2. The minimum absolute atomic E-state index is 0.912. The third-order valence-electron chi connectivity index (χ3n) is 0.688. The second kappa shape index (κ2) is 4.02. The molecule has 0 unspecified atom stereocenters. The van der Waals surface area contributed by atoms with Crippen molar-refractivity contribution in [2.75, 3.05) is 13.6 Å². The Hall–Kier alpha value is -0.980. The maximum atomic E-state index is 11.4. The predicted octanol–water partition coefficient (Wildman–Crippen LogP) is -0.0177. The van der Waals surface area contributed by atoms with Gasteiger partial charge in [-0.25, -0.2) is 10.2 Å². The van der Waals surface area contributed by atoms with Crippen molar-refractivity contribution in [3.8, 4) is 0 Å². The fourth-order valence-corrected chi connectivity index (χ4v) is 0.338. The van der Waals surface area contributed by atoms with Crippen LogP contribution in [0.1, 0.15) is 0 Å². The van der Waals surface area contributed by atoms with E-state index in [-0.39, 0.29) is 0 Å². The molecule has 0 fully saturated rings. The number of carbonyl (C=O) groups excluding carboxylic acids is 1. The standard InChI is InChI=1S/C4H8F3N3O/c1-8-10-3(11)9-2-4(5,6)7/h8H,2H2,1H3,(H2,9,10,11). The molecule has 0 aliphatic carbocycles. The van der Waals surface area contributed by atoms with Gasteiger partial charge < -0.3 is 5.32 Å². The highest BCUT2D eigenvalue weighted by atomic mass is 19.4. The van der Waals surface area contributed by atoms with Crippen molar-refractivity contribution in [1.29, 1.82) is 0 Å². The molecule has 0 atom stereocenters. The lowest BCUT2D eigenvalue weighted by Gasteiger charge is -2.08. The lowest BCUT2D eigenvalue weighted by molar-refractivity contribution is -0.122. The largest absolute Gasteiger partial charge is 0.405 e. The van der Waals surface area contributed by atoms with Gasteiger partial charge in [0, 0.05) is 7.05 Å². The lowest BCUT2D eigenvalue weighted by Crippen LogP contribution is -2.45. The van der Waals surface area contributed by atoms with Gasteiger partial charge in [0.05, 0.1) is 0 Å². The third-order valence-corrected chi connectivity index (χ3v) is 0.688. The first-order valence-electron chi connectivity index (χ1n) is 2.73. The zero-order chi connectivity index (χ0) is 8.91. The second-order valence-electron chi connectivity index (χ2n) is 1.67. The van der Waals surface area contributed by atoms with Crippen LogP contribution in [0, 0.1) is 0 Å². The molecule has 7 heteroatoms. The van der Waals surface area contributed by atoms with Crippen LogP contribution < -0.4 is 16.2 Å². The van der Waals surface area contributed by atoms with Crippen molar-refractivity contribution in [2.24, 2.45) is 0 Å². The zero-order valence-electron chi connectivity index (χ0n) is 5.75. The Balaban J connectivity index is 3.46. The number of hydrogen-bond donors (Lipinski definition) is 3. The summed E-state index contributed by atoms with van der Waals surface area (Å²) in [5.74, 6) is 0. The van der Waals surface area contributed by atoms with E-state index in [0.717, 1.165) is 0 Å². The Morgan fingerprint density at radius 3 is 2.36 bits per heavy atom. The normalized spacial score (nSPS) is 10.9. The first-order chi connectivity index (χ1) is 4.95. The highest BCUT2D eigenvalue weighted by Crippen LogP contribution is 2.11. The Labute approximate surface area is 61.1 Å². The molecule has 0 aromatic heterocycles. The van der Waals surface area contributed by atoms with E-state index in [1.54, 1.807) is 5.32 Å². The Morgan fingerprint density at radius 2 is 2.00 bits per heavy atom. The highest BCUT2D eigenvalue weighted by Gasteiger charge is 2.27. The molecular formula is C4H8F3N3O. The van der Waals surface area contributed by atoms with Gasteiger partial charge in [0.25, 0.3) is 0 Å². The molecule has 2 amide bonds. The summed E-state index contributed by atoms with van der Waals surface area (Å²) in [4.78, 5) is 10.3. The minimum Gasteiger partial charge on any atom is -0.328 e. The molecule has 4 nitrogen and oxygen atoms in total. The lowest BCUT2D eigenvalue weighted by atomic mass is 10.6. The molecule has 11 heavy (non-hydrogen) atoms. The van der Waals surface area contributed by atoms with E-state index in [1.165, 1.54) is 7.05 Å². The first-order valence-corrected chi connectivity index (χ1v) is 2.73. The van der Waals surface area contributed by atoms with Crippen LogP contribution in [0.3, 0.4) is 0 Å². The van der Waals surface area contributed by atoms with Gasteiger partial charge in [0.2, 0.25) is 0 Å². The van der Waals surface area contributed by atoms with Gasteiger partial charge in [0.15, 0.2) is 0 Å². The summed E-state index contributed by atoms with van der Waals surface area (Å²) < 4.78 is 34.2. The van der Waals surface area contributed by atoms with E-state index in [1.807, 2.05) is 5.43 Å². The first kappa shape index (κ1) is 10.0. The van der Waals surface area contributed by atoms with Crippen molar-refractivity contribution in [3.05, 3.63) is 0 Å². The smallest absolute Gasteiger partial charge is 0.328 e. The quantitative estimate of drug-likeness (QED) is 0.511. The number of nitrogens with one attached hydrogen (secondary N) is 3. The molecule has 0 aliphatic rings. The summed E-state index contributed by atoms with van der Waals surface area (Å²) in [7, 11) is 1.37. The number of alkyl halides is 3. The molecular weight excluding hydrogens is 163 g/mol. The summed E-state index contributed by atoms with van der Waals surface area (Å²) in [5, 5.41) is 1.59. The number of carbonyl (C=O) groups is 1. The van der Waals surface area contributed by atoms with E-state index < -0.39 is 18.8 Å². The van der Waals surface area contributed by atoms with Crippen LogP contribution in [0.15, 0.2) is 0 Å². The van der Waals surface area contributed by atoms with Gasteiger partial charge in [-0.05, 0) is 0 Å². The summed E-state index contributed by atoms with van der Waals surface area (Å²) in [5.41, 5.74) is 4.09. The average molecular weight is 171 g/mol. The van der Waals surface area contributed by atoms with Crippen molar-refractivity contribution in [2.45, 2.75) is 6.18 Å². The maximum absolute atomic E-state index is 11.4. The molecule has 0 heterocycles. The van der Waals surface area contributed by atoms with E-state index in [9.17, 15) is 18.0 Å². The number of urea groups is 1. The van der Waals surface area contributed by atoms with E-state index >= 15 is 0 Å². The maximum Gasteiger partial charge on any atom is 0.405 e. The molecule has 0 aromatic carbocycles. The number of amides is 2. The van der Waals surface area contributed by atoms with Gasteiger partial charge in [-0.3, -0.25) is 5.43 Å². The molecule has 66 valence electrons. The SMILES string of the molecule is CNNC(=O)NCC(F)(F)F. The van der Waals surface area contributed by atoms with Crippen LogP contribution in [-0.2, 0) is 0 Å². The van der Waals surface area contributed by atoms with Crippen LogP contribution in [0.4, 0.5) is 18.0 Å². The number of hydrazine groups is 1. The van der Waals surface area contributed by atoms with Crippen molar-refractivity contribution in [3.63, 3.8) is 0 Å². The summed E-state index contributed by atoms with van der Waals surface area (Å²) >= 11 is 0. The van der Waals surface area contributed by atoms with Crippen LogP contribution in [-0.4, -0.2) is 25.8 Å². The number of hydrogen-bond acceptors (Lipinski definition) is 2. The zero-order valence-corrected chi connectivity index (χ0v) is 5.75. The molecule has 0 saturated heterocycles. The summed E-state index contributed by atoms with van der Waals surface area (Å²) in [6.07, 6.45) is -4.37. The minimum atomic E-state index is -4.37. The average Bonchev–Trinajstić information content (AvgIpc) is 1.83. The Bertz CT molecular complexity index is 135. The van der Waals surface area contributed by atoms with Gasteiger partial charge >= 0.3 is 12.2 Å². The molecule has 0 radical (unpaired) electrons. The molecule has 3 N–H and O–H groups in total. The van der Waals surface area contributed by atoms with Gasteiger partial charge in [-0.15, -0.1) is 0 Å². The predicted molar refractivity (Wildman–Crippen MR) is 31.6 cm³/mol. The van der Waals surface area contributed by atoms with Crippen LogP contribution in [0.25, 0.3) is 0 Å². The molecule has 0 saturated carbocycles. The Morgan fingerprint density at radius 1 is 1.45 bits per heavy atom. The molecule has 0 spiro atoms. The summed E-state index contributed by atoms with van der Waals surface area (Å²) in [6, 6.07) is -0.912. The topological polar surface area (TPSA) is 53.2 Å². The fourth-order valence-electron chi connectivity index (χ4n) is 0.338. The van der Waals surface area contributed by atoms with Crippen molar-refractivity contribution >= 4 is 6.03 Å². The second-order valence-corrected chi connectivity index (χ2v) is 1.67.